The summed E-state index contributed by atoms with van der Waals surface area (Å²) in [5.74, 6) is 1.91. The maximum absolute atomic E-state index is 13.3. The lowest BCUT2D eigenvalue weighted by atomic mass is 10.1. The molecule has 156 valence electrons. The molecule has 0 aliphatic carbocycles. The Bertz CT molecular complexity index is 949. The number of aliphatic hydroxyl groups is 1. The first-order valence-electron chi connectivity index (χ1n) is 9.87. The van der Waals surface area contributed by atoms with E-state index in [1.54, 1.807) is 12.1 Å². The van der Waals surface area contributed by atoms with Crippen molar-refractivity contribution < 1.29 is 23.7 Å². The number of halogens is 1. The molecule has 4 rings (SSSR count). The Morgan fingerprint density at radius 2 is 1.60 bits per heavy atom. The molecule has 30 heavy (non-hydrogen) atoms. The Hall–Kier alpha value is -3.09. The molecule has 0 saturated carbocycles. The van der Waals surface area contributed by atoms with Crippen LogP contribution < -0.4 is 14.2 Å². The van der Waals surface area contributed by atoms with Crippen molar-refractivity contribution in [3.8, 4) is 17.2 Å². The van der Waals surface area contributed by atoms with Crippen LogP contribution in [0.25, 0.3) is 0 Å². The highest BCUT2D eigenvalue weighted by Crippen LogP contribution is 2.33. The number of hydrogen-bond acceptors (Lipinski definition) is 5. The number of nitrogens with zero attached hydrogens (tertiary/aromatic N) is 1. The Morgan fingerprint density at radius 3 is 2.40 bits per heavy atom. The van der Waals surface area contributed by atoms with E-state index in [1.807, 2.05) is 48.5 Å². The fourth-order valence-electron chi connectivity index (χ4n) is 3.39. The second-order valence-electron chi connectivity index (χ2n) is 7.26. The summed E-state index contributed by atoms with van der Waals surface area (Å²) in [5.41, 5.74) is 2.01. The summed E-state index contributed by atoms with van der Waals surface area (Å²) in [6.45, 7) is 1.98. The molecule has 0 fully saturated rings. The second kappa shape index (κ2) is 9.61. The standard InChI is InChI=1S/C24H24FNO4/c25-20-9-6-18(7-10-20)13-26(14-19-8-11-23-24(12-19)30-17-29-23)15-21(27)16-28-22-4-2-1-3-5-22/h1-12,21,27H,13-17H2/t21-/m1/s1. The summed E-state index contributed by atoms with van der Waals surface area (Å²) in [4.78, 5) is 2.10. The smallest absolute Gasteiger partial charge is 0.231 e. The SMILES string of the molecule is O[C@@H](COc1ccccc1)CN(Cc1ccc(F)cc1)Cc1ccc2c(c1)OCO2. The van der Waals surface area contributed by atoms with E-state index in [1.165, 1.54) is 12.1 Å². The van der Waals surface area contributed by atoms with Crippen molar-refractivity contribution in [2.45, 2.75) is 19.2 Å². The topological polar surface area (TPSA) is 51.2 Å². The van der Waals surface area contributed by atoms with Gasteiger partial charge in [-0.05, 0) is 47.5 Å². The normalized spacial score (nSPS) is 13.4. The Balaban J connectivity index is 1.42. The van der Waals surface area contributed by atoms with Gasteiger partial charge in [-0.25, -0.2) is 4.39 Å². The molecule has 0 unspecified atom stereocenters. The van der Waals surface area contributed by atoms with Gasteiger partial charge in [0.25, 0.3) is 0 Å². The van der Waals surface area contributed by atoms with Crippen molar-refractivity contribution in [3.63, 3.8) is 0 Å². The van der Waals surface area contributed by atoms with Gasteiger partial charge in [0, 0.05) is 19.6 Å². The Morgan fingerprint density at radius 1 is 0.900 bits per heavy atom. The maximum atomic E-state index is 13.3. The summed E-state index contributed by atoms with van der Waals surface area (Å²) in [5, 5.41) is 10.6. The minimum atomic E-state index is -0.681. The van der Waals surface area contributed by atoms with Crippen LogP contribution in [0.2, 0.25) is 0 Å². The Kier molecular flexibility index (Phi) is 6.47. The molecule has 1 aliphatic rings. The van der Waals surface area contributed by atoms with Crippen molar-refractivity contribution in [2.24, 2.45) is 0 Å². The zero-order valence-electron chi connectivity index (χ0n) is 16.5. The molecule has 0 saturated heterocycles. The quantitative estimate of drug-likeness (QED) is 0.579. The summed E-state index contributed by atoms with van der Waals surface area (Å²) >= 11 is 0. The van der Waals surface area contributed by atoms with Gasteiger partial charge in [0.2, 0.25) is 6.79 Å². The number of fused-ring (bicyclic) bond motifs is 1. The van der Waals surface area contributed by atoms with Gasteiger partial charge in [-0.2, -0.15) is 0 Å². The van der Waals surface area contributed by atoms with Crippen LogP contribution in [-0.2, 0) is 13.1 Å². The van der Waals surface area contributed by atoms with Crippen LogP contribution in [0.5, 0.6) is 17.2 Å². The first-order chi connectivity index (χ1) is 14.7. The van der Waals surface area contributed by atoms with Gasteiger partial charge >= 0.3 is 0 Å². The lowest BCUT2D eigenvalue weighted by molar-refractivity contribution is 0.0628. The predicted octanol–water partition coefficient (Wildman–Crippen LogP) is 4.00. The minimum absolute atomic E-state index is 0.186. The van der Waals surface area contributed by atoms with Crippen LogP contribution in [0.1, 0.15) is 11.1 Å². The van der Waals surface area contributed by atoms with E-state index in [-0.39, 0.29) is 19.2 Å². The second-order valence-corrected chi connectivity index (χ2v) is 7.26. The van der Waals surface area contributed by atoms with Crippen LogP contribution in [0.15, 0.2) is 72.8 Å². The number of benzene rings is 3. The van der Waals surface area contributed by atoms with E-state index in [4.69, 9.17) is 14.2 Å². The predicted molar refractivity (Wildman–Crippen MR) is 111 cm³/mol. The molecular formula is C24H24FNO4. The zero-order chi connectivity index (χ0) is 20.8. The highest BCUT2D eigenvalue weighted by molar-refractivity contribution is 5.44. The number of ether oxygens (including phenoxy) is 3. The molecule has 0 amide bonds. The molecule has 3 aromatic carbocycles. The molecule has 0 radical (unpaired) electrons. The number of aliphatic hydroxyl groups excluding tert-OH is 1. The van der Waals surface area contributed by atoms with Gasteiger partial charge in [-0.3, -0.25) is 4.90 Å². The van der Waals surface area contributed by atoms with Gasteiger partial charge in [-0.1, -0.05) is 36.4 Å². The highest BCUT2D eigenvalue weighted by atomic mass is 19.1. The average Bonchev–Trinajstić information content (AvgIpc) is 3.22. The van der Waals surface area contributed by atoms with Gasteiger partial charge in [-0.15, -0.1) is 0 Å². The first-order valence-corrected chi connectivity index (χ1v) is 9.87. The number of para-hydroxylation sites is 1. The van der Waals surface area contributed by atoms with Crippen molar-refractivity contribution in [1.29, 1.82) is 0 Å². The van der Waals surface area contributed by atoms with Gasteiger partial charge < -0.3 is 19.3 Å². The van der Waals surface area contributed by atoms with Gasteiger partial charge in [0.1, 0.15) is 24.3 Å². The number of rotatable bonds is 9. The fraction of sp³-hybridized carbons (Fsp3) is 0.250. The van der Waals surface area contributed by atoms with E-state index in [9.17, 15) is 9.50 Å². The number of hydrogen-bond donors (Lipinski definition) is 1. The summed E-state index contributed by atoms with van der Waals surface area (Å²) in [6.07, 6.45) is -0.681. The lowest BCUT2D eigenvalue weighted by Gasteiger charge is -2.25. The molecule has 0 aromatic heterocycles. The molecule has 1 aliphatic heterocycles. The van der Waals surface area contributed by atoms with Crippen molar-refractivity contribution in [1.82, 2.24) is 4.90 Å². The lowest BCUT2D eigenvalue weighted by Crippen LogP contribution is -2.35. The van der Waals surface area contributed by atoms with Crippen molar-refractivity contribution in [3.05, 3.63) is 89.7 Å². The van der Waals surface area contributed by atoms with Crippen LogP contribution >= 0.6 is 0 Å². The molecule has 3 aromatic rings. The molecule has 0 spiro atoms. The fourth-order valence-corrected chi connectivity index (χ4v) is 3.39. The molecule has 1 heterocycles. The minimum Gasteiger partial charge on any atom is -0.491 e. The van der Waals surface area contributed by atoms with E-state index >= 15 is 0 Å². The molecule has 1 atom stereocenters. The van der Waals surface area contributed by atoms with E-state index in [0.29, 0.717) is 19.6 Å². The third-order valence-electron chi connectivity index (χ3n) is 4.82. The third kappa shape index (κ3) is 5.49. The zero-order valence-corrected chi connectivity index (χ0v) is 16.5. The monoisotopic (exact) mass is 409 g/mol. The van der Waals surface area contributed by atoms with E-state index in [2.05, 4.69) is 4.90 Å². The molecular weight excluding hydrogens is 385 g/mol. The third-order valence-corrected chi connectivity index (χ3v) is 4.82. The molecule has 1 N–H and O–H groups in total. The van der Waals surface area contributed by atoms with Crippen LogP contribution in [0.3, 0.4) is 0 Å². The summed E-state index contributed by atoms with van der Waals surface area (Å²) < 4.78 is 29.8. The molecule has 0 bridgehead atoms. The van der Waals surface area contributed by atoms with Gasteiger partial charge in [0.15, 0.2) is 11.5 Å². The molecule has 5 nitrogen and oxygen atoms in total. The van der Waals surface area contributed by atoms with Crippen molar-refractivity contribution in [2.75, 3.05) is 19.9 Å². The van der Waals surface area contributed by atoms with Gasteiger partial charge in [0.05, 0.1) is 0 Å². The van der Waals surface area contributed by atoms with E-state index < -0.39 is 6.10 Å². The van der Waals surface area contributed by atoms with Crippen molar-refractivity contribution >= 4 is 0 Å². The largest absolute Gasteiger partial charge is 0.491 e. The summed E-state index contributed by atoms with van der Waals surface area (Å²) in [7, 11) is 0. The van der Waals surface area contributed by atoms with E-state index in [0.717, 1.165) is 28.4 Å². The summed E-state index contributed by atoms with van der Waals surface area (Å²) in [6, 6.07) is 21.7. The van der Waals surface area contributed by atoms with Crippen LogP contribution in [0.4, 0.5) is 4.39 Å². The maximum Gasteiger partial charge on any atom is 0.231 e. The average molecular weight is 409 g/mol. The Labute approximate surface area is 175 Å². The van der Waals surface area contributed by atoms with Crippen LogP contribution in [-0.4, -0.2) is 36.1 Å². The first kappa shape index (κ1) is 20.2. The van der Waals surface area contributed by atoms with Crippen LogP contribution in [0, 0.1) is 5.82 Å². The molecule has 6 heteroatoms. The highest BCUT2D eigenvalue weighted by Gasteiger charge is 2.17.